The number of nitrogens with one attached hydrogen (secondary N) is 4. The van der Waals surface area contributed by atoms with Crippen molar-refractivity contribution in [2.24, 2.45) is 0 Å². The number of hydrogen-bond donors (Lipinski definition) is 4. The number of aromatic amines is 4. The van der Waals surface area contributed by atoms with Crippen LogP contribution in [0.25, 0.3) is 22.3 Å². The third-order valence-electron chi connectivity index (χ3n) is 9.42. The molecule has 5 heteroatoms. The average molecular weight is 645 g/mol. The van der Waals surface area contributed by atoms with Gasteiger partial charge in [-0.1, -0.05) is 115 Å². The molecular weight excluding hydrogens is 613 g/mol. The Morgan fingerprint density at radius 3 is 0.900 bits per heavy atom. The Bertz CT molecular complexity index is 2740. The number of rotatable bonds is 5. The van der Waals surface area contributed by atoms with Gasteiger partial charge in [0.05, 0.1) is 0 Å². The van der Waals surface area contributed by atoms with Gasteiger partial charge in [0, 0.05) is 72.0 Å². The zero-order chi connectivity index (χ0) is 33.4. The van der Waals surface area contributed by atoms with Gasteiger partial charge in [0.25, 0.3) is 0 Å². The van der Waals surface area contributed by atoms with Crippen LogP contribution >= 0.6 is 0 Å². The molecule has 4 N–H and O–H groups in total. The van der Waals surface area contributed by atoms with Crippen LogP contribution in [-0.2, 0) is 0 Å². The zero-order valence-electron chi connectivity index (χ0n) is 27.1. The van der Waals surface area contributed by atoms with Crippen molar-refractivity contribution in [3.05, 3.63) is 236 Å². The number of carbonyl (C=O) groups excluding carboxylic acids is 1. The molecule has 0 aliphatic carbocycles. The summed E-state index contributed by atoms with van der Waals surface area (Å²) in [6.07, 6.45) is 0.880. The first kappa shape index (κ1) is 29.3. The molecule has 0 spiro atoms. The second kappa shape index (κ2) is 12.3. The molecule has 1 aliphatic heterocycles. The van der Waals surface area contributed by atoms with Gasteiger partial charge >= 0.3 is 0 Å². The zero-order valence-corrected chi connectivity index (χ0v) is 27.1. The predicted octanol–water partition coefficient (Wildman–Crippen LogP) is 6.11. The molecule has 0 fully saturated rings. The lowest BCUT2D eigenvalue weighted by Crippen LogP contribution is -2.19. The van der Waals surface area contributed by atoms with E-state index in [0.717, 1.165) is 95.0 Å². The largest absolute Gasteiger partial charge is 0.354 e. The van der Waals surface area contributed by atoms with E-state index in [1.807, 2.05) is 36.4 Å². The first-order valence-corrected chi connectivity index (χ1v) is 16.7. The highest BCUT2D eigenvalue weighted by molar-refractivity contribution is 5.85. The lowest BCUT2D eigenvalue weighted by molar-refractivity contribution is 0.112. The van der Waals surface area contributed by atoms with Crippen molar-refractivity contribution in [1.29, 1.82) is 0 Å². The van der Waals surface area contributed by atoms with E-state index in [4.69, 9.17) is 0 Å². The Labute approximate surface area is 288 Å². The normalized spacial score (nSPS) is 12.7. The van der Waals surface area contributed by atoms with Crippen molar-refractivity contribution < 1.29 is 4.79 Å². The minimum absolute atomic E-state index is 0.637. The maximum Gasteiger partial charge on any atom is 0.150 e. The SMILES string of the molecule is O=Cc1ccc(C2=c3ccc([nH]3)=C(c3ccccc3)c3ccc([nH]3)C(c3ccccc3)=c3ccc([nH]3)=C(c3ccccc3)c3ccc2[nH]3)cc1. The number of benzene rings is 4. The van der Waals surface area contributed by atoms with Gasteiger partial charge in [-0.3, -0.25) is 4.79 Å². The monoisotopic (exact) mass is 644 g/mol. The second-order valence-corrected chi connectivity index (χ2v) is 12.5. The number of aromatic nitrogens is 4. The van der Waals surface area contributed by atoms with Crippen LogP contribution in [0.3, 0.4) is 0 Å². The van der Waals surface area contributed by atoms with Crippen LogP contribution in [-0.4, -0.2) is 26.2 Å². The number of hydrogen-bond acceptors (Lipinski definition) is 1. The van der Waals surface area contributed by atoms with Gasteiger partial charge in [0.15, 0.2) is 0 Å². The van der Waals surface area contributed by atoms with Crippen molar-refractivity contribution in [2.45, 2.75) is 0 Å². The smallest absolute Gasteiger partial charge is 0.150 e. The van der Waals surface area contributed by atoms with Gasteiger partial charge in [-0.2, -0.15) is 0 Å². The lowest BCUT2D eigenvalue weighted by Gasteiger charge is -2.10. The number of H-pyrrole nitrogens is 4. The standard InChI is InChI=1S/C45H32N4O/c50-28-29-16-18-33(19-17-29)45-40-26-24-38(48-40)43(31-12-6-2-7-13-31)36-22-20-34(46-36)42(30-10-4-1-5-11-30)35-21-23-37(47-35)44(32-14-8-3-9-15-32)39-25-27-41(45)49-39/h1-28,46-49H. The van der Waals surface area contributed by atoms with Crippen molar-refractivity contribution in [3.8, 4) is 0 Å². The summed E-state index contributed by atoms with van der Waals surface area (Å²) in [5, 5.41) is 3.96. The quantitative estimate of drug-likeness (QED) is 0.168. The summed E-state index contributed by atoms with van der Waals surface area (Å²) in [5.41, 5.74) is 13.1. The Morgan fingerprint density at radius 2 is 0.600 bits per heavy atom. The van der Waals surface area contributed by atoms with E-state index in [1.165, 1.54) is 0 Å². The fourth-order valence-corrected chi connectivity index (χ4v) is 7.11. The van der Waals surface area contributed by atoms with Crippen molar-refractivity contribution in [3.63, 3.8) is 0 Å². The van der Waals surface area contributed by atoms with Gasteiger partial charge in [0.2, 0.25) is 0 Å². The molecule has 0 atom stereocenters. The van der Waals surface area contributed by atoms with Gasteiger partial charge in [-0.05, 0) is 70.8 Å². The highest BCUT2D eigenvalue weighted by atomic mass is 16.1. The van der Waals surface area contributed by atoms with Crippen LogP contribution in [0.1, 0.15) is 55.4 Å². The summed E-state index contributed by atoms with van der Waals surface area (Å²) >= 11 is 0. The summed E-state index contributed by atoms with van der Waals surface area (Å²) in [4.78, 5) is 26.8. The van der Waals surface area contributed by atoms with E-state index in [9.17, 15) is 4.79 Å². The summed E-state index contributed by atoms with van der Waals surface area (Å²) in [5.74, 6) is 0. The third kappa shape index (κ3) is 5.18. The molecule has 0 saturated carbocycles. The summed E-state index contributed by atoms with van der Waals surface area (Å²) in [6.45, 7) is 0. The van der Waals surface area contributed by atoms with E-state index in [0.29, 0.717) is 5.56 Å². The Kier molecular flexibility index (Phi) is 7.21. The number of aldehydes is 1. The number of carbonyl (C=O) groups is 1. The van der Waals surface area contributed by atoms with Crippen LogP contribution in [0.5, 0.6) is 0 Å². The summed E-state index contributed by atoms with van der Waals surface area (Å²) < 4.78 is 0. The molecule has 0 saturated heterocycles. The van der Waals surface area contributed by atoms with E-state index in [-0.39, 0.29) is 0 Å². The molecule has 0 unspecified atom stereocenters. The maximum absolute atomic E-state index is 11.6. The highest BCUT2D eigenvalue weighted by Crippen LogP contribution is 2.27. The maximum atomic E-state index is 11.6. The Morgan fingerprint density at radius 1 is 0.300 bits per heavy atom. The Hall–Kier alpha value is -6.85. The van der Waals surface area contributed by atoms with Gasteiger partial charge in [-0.25, -0.2) is 0 Å². The lowest BCUT2D eigenvalue weighted by atomic mass is 10.0. The van der Waals surface area contributed by atoms with Crippen LogP contribution < -0.4 is 21.4 Å². The average Bonchev–Trinajstić information content (AvgIpc) is 4.01. The first-order chi connectivity index (χ1) is 24.7. The third-order valence-corrected chi connectivity index (χ3v) is 9.42. The molecule has 238 valence electrons. The summed E-state index contributed by atoms with van der Waals surface area (Å²) in [6, 6.07) is 56.5. The second-order valence-electron chi connectivity index (χ2n) is 12.5. The Balaban J connectivity index is 1.43. The molecule has 5 nitrogen and oxygen atoms in total. The topological polar surface area (TPSA) is 80.2 Å². The van der Waals surface area contributed by atoms with Crippen molar-refractivity contribution in [2.75, 3.05) is 0 Å². The van der Waals surface area contributed by atoms with E-state index in [1.54, 1.807) is 0 Å². The summed E-state index contributed by atoms with van der Waals surface area (Å²) in [7, 11) is 0. The fraction of sp³-hybridized carbons (Fsp3) is 0. The molecule has 4 aromatic carbocycles. The molecular formula is C45H32N4O. The van der Waals surface area contributed by atoms with Crippen LogP contribution in [0.4, 0.5) is 0 Å². The van der Waals surface area contributed by atoms with Gasteiger partial charge < -0.3 is 19.9 Å². The van der Waals surface area contributed by atoms with E-state index in [2.05, 4.69) is 147 Å². The van der Waals surface area contributed by atoms with Crippen molar-refractivity contribution >= 4 is 28.6 Å². The minimum Gasteiger partial charge on any atom is -0.354 e. The molecule has 0 radical (unpaired) electrons. The first-order valence-electron chi connectivity index (χ1n) is 16.7. The van der Waals surface area contributed by atoms with Crippen LogP contribution in [0, 0.1) is 0 Å². The molecule has 4 aromatic heterocycles. The molecule has 8 aromatic rings. The van der Waals surface area contributed by atoms with E-state index < -0.39 is 0 Å². The minimum atomic E-state index is 0.637. The molecule has 9 rings (SSSR count). The predicted molar refractivity (Wildman–Crippen MR) is 199 cm³/mol. The van der Waals surface area contributed by atoms with E-state index >= 15 is 0 Å². The molecule has 50 heavy (non-hydrogen) atoms. The fourth-order valence-electron chi connectivity index (χ4n) is 7.11. The molecule has 5 heterocycles. The molecule has 1 aliphatic rings. The van der Waals surface area contributed by atoms with Gasteiger partial charge in [-0.15, -0.1) is 0 Å². The van der Waals surface area contributed by atoms with Crippen LogP contribution in [0.2, 0.25) is 0 Å². The highest BCUT2D eigenvalue weighted by Gasteiger charge is 2.18. The van der Waals surface area contributed by atoms with Gasteiger partial charge in [0.1, 0.15) is 6.29 Å². The van der Waals surface area contributed by atoms with Crippen molar-refractivity contribution in [1.82, 2.24) is 19.9 Å². The van der Waals surface area contributed by atoms with Crippen LogP contribution in [0.15, 0.2) is 164 Å². The number of fused-ring (bicyclic) bond motifs is 8. The molecule has 0 amide bonds. The molecule has 8 bridgehead atoms.